The Morgan fingerprint density at radius 3 is 2.82 bits per heavy atom. The Balaban J connectivity index is 1.86. The van der Waals surface area contributed by atoms with Gasteiger partial charge in [0, 0.05) is 11.6 Å². The zero-order valence-electron chi connectivity index (χ0n) is 10.5. The Morgan fingerprint density at radius 1 is 1.41 bits per heavy atom. The van der Waals surface area contributed by atoms with Crippen molar-refractivity contribution in [3.63, 3.8) is 0 Å². The fourth-order valence-corrected chi connectivity index (χ4v) is 2.30. The molecule has 1 saturated carbocycles. The minimum atomic E-state index is 0.194. The van der Waals surface area contributed by atoms with Gasteiger partial charge in [0.25, 0.3) is 0 Å². The summed E-state index contributed by atoms with van der Waals surface area (Å²) < 4.78 is 5.63. The van der Waals surface area contributed by atoms with E-state index in [9.17, 15) is 0 Å². The molecule has 0 aromatic carbocycles. The molecule has 0 radical (unpaired) electrons. The van der Waals surface area contributed by atoms with Gasteiger partial charge < -0.3 is 4.74 Å². The molecule has 3 heteroatoms. The van der Waals surface area contributed by atoms with Crippen molar-refractivity contribution in [1.29, 1.82) is 0 Å². The van der Waals surface area contributed by atoms with E-state index in [4.69, 9.17) is 16.3 Å². The maximum Gasteiger partial charge on any atom is 0.138 e. The van der Waals surface area contributed by atoms with E-state index in [-0.39, 0.29) is 6.10 Å². The van der Waals surface area contributed by atoms with Crippen LogP contribution in [0, 0.1) is 5.92 Å². The van der Waals surface area contributed by atoms with Gasteiger partial charge >= 0.3 is 0 Å². The van der Waals surface area contributed by atoms with Crippen LogP contribution in [0.15, 0.2) is 18.5 Å². The highest BCUT2D eigenvalue weighted by atomic mass is 35.5. The molecule has 0 bridgehead atoms. The van der Waals surface area contributed by atoms with Crippen molar-refractivity contribution in [3.05, 3.63) is 24.0 Å². The van der Waals surface area contributed by atoms with Crippen LogP contribution in [0.3, 0.4) is 0 Å². The third-order valence-corrected chi connectivity index (χ3v) is 3.56. The van der Waals surface area contributed by atoms with Crippen LogP contribution < -0.4 is 4.74 Å². The standard InChI is InChI=1S/C14H20ClNO/c1-10(2)17-13-7-11(8-16-9-13)3-6-14(15)12-4-5-12/h7-10,12,14H,3-6H2,1-2H3. The molecule has 0 amide bonds. The Hall–Kier alpha value is -0.760. The predicted molar refractivity (Wildman–Crippen MR) is 70.7 cm³/mol. The van der Waals surface area contributed by atoms with Crippen molar-refractivity contribution in [2.75, 3.05) is 0 Å². The highest BCUT2D eigenvalue weighted by Crippen LogP contribution is 2.37. The van der Waals surface area contributed by atoms with E-state index in [2.05, 4.69) is 11.1 Å². The Labute approximate surface area is 108 Å². The average Bonchev–Trinajstić information content (AvgIpc) is 3.09. The Bertz CT molecular complexity index is 363. The first-order valence-corrected chi connectivity index (χ1v) is 6.83. The molecule has 0 N–H and O–H groups in total. The summed E-state index contributed by atoms with van der Waals surface area (Å²) in [4.78, 5) is 4.21. The minimum absolute atomic E-state index is 0.194. The highest BCUT2D eigenvalue weighted by molar-refractivity contribution is 6.20. The van der Waals surface area contributed by atoms with Crippen LogP contribution in [0.25, 0.3) is 0 Å². The van der Waals surface area contributed by atoms with Gasteiger partial charge in [0.05, 0.1) is 12.3 Å². The number of hydrogen-bond acceptors (Lipinski definition) is 2. The average molecular weight is 254 g/mol. The fraction of sp³-hybridized carbons (Fsp3) is 0.643. The quantitative estimate of drug-likeness (QED) is 0.719. The van der Waals surface area contributed by atoms with E-state index >= 15 is 0 Å². The molecule has 1 aromatic heterocycles. The van der Waals surface area contributed by atoms with Gasteiger partial charge in [-0.25, -0.2) is 0 Å². The first-order valence-electron chi connectivity index (χ1n) is 6.40. The molecule has 2 rings (SSSR count). The normalized spacial score (nSPS) is 17.2. The summed E-state index contributed by atoms with van der Waals surface area (Å²) in [7, 11) is 0. The van der Waals surface area contributed by atoms with E-state index in [1.807, 2.05) is 20.0 Å². The molecule has 0 saturated heterocycles. The van der Waals surface area contributed by atoms with Gasteiger partial charge in [-0.3, -0.25) is 4.98 Å². The van der Waals surface area contributed by atoms with Crippen molar-refractivity contribution < 1.29 is 4.74 Å². The van der Waals surface area contributed by atoms with Crippen LogP contribution in [0.4, 0.5) is 0 Å². The summed E-state index contributed by atoms with van der Waals surface area (Å²) in [6.07, 6.45) is 8.52. The molecule has 2 nitrogen and oxygen atoms in total. The number of aromatic nitrogens is 1. The zero-order valence-corrected chi connectivity index (χ0v) is 11.3. The second-order valence-corrected chi connectivity index (χ2v) is 5.65. The summed E-state index contributed by atoms with van der Waals surface area (Å²) in [6.45, 7) is 4.04. The van der Waals surface area contributed by atoms with Gasteiger partial charge in [-0.15, -0.1) is 11.6 Å². The summed E-state index contributed by atoms with van der Waals surface area (Å²) >= 11 is 6.30. The van der Waals surface area contributed by atoms with E-state index in [1.165, 1.54) is 18.4 Å². The molecule has 1 aliphatic carbocycles. The third-order valence-electron chi connectivity index (χ3n) is 2.98. The lowest BCUT2D eigenvalue weighted by Crippen LogP contribution is -2.07. The van der Waals surface area contributed by atoms with E-state index in [0.717, 1.165) is 24.5 Å². The lowest BCUT2D eigenvalue weighted by Gasteiger charge is -2.11. The lowest BCUT2D eigenvalue weighted by atomic mass is 10.1. The fourth-order valence-electron chi connectivity index (χ4n) is 1.94. The first kappa shape index (κ1) is 12.7. The molecule has 1 fully saturated rings. The predicted octanol–water partition coefficient (Wildman–Crippen LogP) is 3.82. The van der Waals surface area contributed by atoms with Crippen molar-refractivity contribution in [2.45, 2.75) is 51.0 Å². The molecule has 0 aliphatic heterocycles. The second-order valence-electron chi connectivity index (χ2n) is 5.09. The number of aryl methyl sites for hydroxylation is 1. The van der Waals surface area contributed by atoms with Crippen molar-refractivity contribution in [3.8, 4) is 5.75 Å². The molecule has 17 heavy (non-hydrogen) atoms. The van der Waals surface area contributed by atoms with Crippen LogP contribution in [-0.2, 0) is 6.42 Å². The summed E-state index contributed by atoms with van der Waals surface area (Å²) in [5.74, 6) is 1.62. The molecule has 1 heterocycles. The molecule has 1 unspecified atom stereocenters. The minimum Gasteiger partial charge on any atom is -0.489 e. The van der Waals surface area contributed by atoms with Gasteiger partial charge in [0.2, 0.25) is 0 Å². The van der Waals surface area contributed by atoms with Gasteiger partial charge in [-0.1, -0.05) is 0 Å². The molecule has 1 aromatic rings. The smallest absolute Gasteiger partial charge is 0.138 e. The number of hydrogen-bond donors (Lipinski definition) is 0. The van der Waals surface area contributed by atoms with Crippen LogP contribution in [0.1, 0.15) is 38.7 Å². The van der Waals surface area contributed by atoms with Gasteiger partial charge in [-0.05, 0) is 57.1 Å². The first-order chi connectivity index (χ1) is 8.15. The summed E-state index contributed by atoms with van der Waals surface area (Å²) in [6, 6.07) is 2.07. The molecule has 1 aliphatic rings. The maximum absolute atomic E-state index is 6.30. The zero-order chi connectivity index (χ0) is 12.3. The number of ether oxygens (including phenoxy) is 1. The lowest BCUT2D eigenvalue weighted by molar-refractivity contribution is 0.241. The molecule has 1 atom stereocenters. The van der Waals surface area contributed by atoms with Crippen molar-refractivity contribution in [1.82, 2.24) is 4.98 Å². The molecule has 0 spiro atoms. The molecule has 94 valence electrons. The molecular formula is C14H20ClNO. The monoisotopic (exact) mass is 253 g/mol. The van der Waals surface area contributed by atoms with Crippen LogP contribution >= 0.6 is 11.6 Å². The van der Waals surface area contributed by atoms with Gasteiger partial charge in [0.15, 0.2) is 0 Å². The second kappa shape index (κ2) is 5.72. The maximum atomic E-state index is 6.30. The number of nitrogens with zero attached hydrogens (tertiary/aromatic N) is 1. The van der Waals surface area contributed by atoms with Gasteiger partial charge in [0.1, 0.15) is 5.75 Å². The van der Waals surface area contributed by atoms with Crippen LogP contribution in [0.5, 0.6) is 5.75 Å². The van der Waals surface area contributed by atoms with Crippen molar-refractivity contribution >= 4 is 11.6 Å². The SMILES string of the molecule is CC(C)Oc1cncc(CCC(Cl)C2CC2)c1. The van der Waals surface area contributed by atoms with Crippen LogP contribution in [0.2, 0.25) is 0 Å². The number of alkyl halides is 1. The molecular weight excluding hydrogens is 234 g/mol. The topological polar surface area (TPSA) is 22.1 Å². The summed E-state index contributed by atoms with van der Waals surface area (Å²) in [5.41, 5.74) is 1.22. The van der Waals surface area contributed by atoms with Gasteiger partial charge in [-0.2, -0.15) is 0 Å². The van der Waals surface area contributed by atoms with E-state index < -0.39 is 0 Å². The number of rotatable bonds is 6. The largest absolute Gasteiger partial charge is 0.489 e. The highest BCUT2D eigenvalue weighted by Gasteiger charge is 2.29. The van der Waals surface area contributed by atoms with Crippen LogP contribution in [-0.4, -0.2) is 16.5 Å². The third kappa shape index (κ3) is 4.19. The Kier molecular flexibility index (Phi) is 4.27. The summed E-state index contributed by atoms with van der Waals surface area (Å²) in [5, 5.41) is 0.338. The van der Waals surface area contributed by atoms with Crippen molar-refractivity contribution in [2.24, 2.45) is 5.92 Å². The number of pyridine rings is 1. The Morgan fingerprint density at radius 2 is 2.18 bits per heavy atom. The van der Waals surface area contributed by atoms with E-state index in [0.29, 0.717) is 5.38 Å². The van der Waals surface area contributed by atoms with E-state index in [1.54, 1.807) is 6.20 Å². The number of halogens is 1.